The summed E-state index contributed by atoms with van der Waals surface area (Å²) in [6.07, 6.45) is 1.64. The van der Waals surface area contributed by atoms with Crippen LogP contribution in [0.3, 0.4) is 0 Å². The molecule has 0 aliphatic heterocycles. The molecule has 0 bridgehead atoms. The number of anilines is 1. The van der Waals surface area contributed by atoms with Gasteiger partial charge in [0.25, 0.3) is 0 Å². The molecule has 0 atom stereocenters. The number of carbonyl (C=O) groups is 1. The summed E-state index contributed by atoms with van der Waals surface area (Å²) in [5.74, 6) is 5.64. The zero-order chi connectivity index (χ0) is 11.9. The van der Waals surface area contributed by atoms with E-state index in [1.54, 1.807) is 12.3 Å². The van der Waals surface area contributed by atoms with Gasteiger partial charge in [0.15, 0.2) is 0 Å². The SMILES string of the molecule is COC(=O)c1sc2cc[n+](N)c(N)c2c1Br. The number of thiophene rings is 1. The van der Waals surface area contributed by atoms with Crippen LogP contribution in [0.4, 0.5) is 5.82 Å². The van der Waals surface area contributed by atoms with Gasteiger partial charge in [-0.05, 0) is 22.0 Å². The summed E-state index contributed by atoms with van der Waals surface area (Å²) in [5.41, 5.74) is 5.84. The molecule has 2 rings (SSSR count). The topological polar surface area (TPSA) is 82.2 Å². The Morgan fingerprint density at radius 3 is 2.94 bits per heavy atom. The quantitative estimate of drug-likeness (QED) is 0.468. The van der Waals surface area contributed by atoms with Gasteiger partial charge in [-0.2, -0.15) is 0 Å². The van der Waals surface area contributed by atoms with E-state index in [2.05, 4.69) is 20.7 Å². The number of methoxy groups -OCH3 is 1. The molecule has 0 fully saturated rings. The second-order valence-corrected chi connectivity index (χ2v) is 4.93. The minimum atomic E-state index is -0.393. The highest BCUT2D eigenvalue weighted by molar-refractivity contribution is 9.10. The van der Waals surface area contributed by atoms with Crippen molar-refractivity contribution in [3.63, 3.8) is 0 Å². The lowest BCUT2D eigenvalue weighted by Gasteiger charge is -1.96. The van der Waals surface area contributed by atoms with E-state index in [-0.39, 0.29) is 0 Å². The Kier molecular flexibility index (Phi) is 2.73. The molecule has 0 saturated carbocycles. The van der Waals surface area contributed by atoms with Gasteiger partial charge < -0.3 is 4.74 Å². The van der Waals surface area contributed by atoms with Crippen molar-refractivity contribution in [2.24, 2.45) is 0 Å². The lowest BCUT2D eigenvalue weighted by atomic mass is 10.3. The Bertz CT molecular complexity index is 582. The van der Waals surface area contributed by atoms with Crippen LogP contribution in [-0.2, 0) is 4.74 Å². The monoisotopic (exact) mass is 302 g/mol. The number of rotatable bonds is 1. The number of fused-ring (bicyclic) bond motifs is 1. The molecule has 2 aromatic heterocycles. The minimum Gasteiger partial charge on any atom is -0.465 e. The fraction of sp³-hybridized carbons (Fsp3) is 0.111. The van der Waals surface area contributed by atoms with Crippen molar-refractivity contribution in [3.05, 3.63) is 21.6 Å². The van der Waals surface area contributed by atoms with Gasteiger partial charge >= 0.3 is 11.8 Å². The Labute approximate surface area is 104 Å². The molecule has 7 heteroatoms. The molecule has 4 N–H and O–H groups in total. The number of ether oxygens (including phenoxy) is 1. The van der Waals surface area contributed by atoms with E-state index in [0.29, 0.717) is 15.2 Å². The fourth-order valence-corrected chi connectivity index (χ4v) is 3.33. The Morgan fingerprint density at radius 2 is 2.31 bits per heavy atom. The number of pyridine rings is 1. The Morgan fingerprint density at radius 1 is 1.62 bits per heavy atom. The first-order chi connectivity index (χ1) is 7.56. The van der Waals surface area contributed by atoms with Crippen LogP contribution in [0.15, 0.2) is 16.7 Å². The molecule has 0 unspecified atom stereocenters. The third-order valence-electron chi connectivity index (χ3n) is 2.17. The molecule has 0 radical (unpaired) electrons. The van der Waals surface area contributed by atoms with Crippen molar-refractivity contribution in [1.29, 1.82) is 0 Å². The zero-order valence-electron chi connectivity index (χ0n) is 8.36. The molecule has 84 valence electrons. The smallest absolute Gasteiger partial charge is 0.349 e. The number of carbonyl (C=O) groups excluding carboxylic acids is 1. The molecule has 0 amide bonds. The molecule has 0 aliphatic rings. The van der Waals surface area contributed by atoms with Crippen LogP contribution < -0.4 is 16.3 Å². The first-order valence-electron chi connectivity index (χ1n) is 4.31. The van der Waals surface area contributed by atoms with Gasteiger partial charge in [-0.1, -0.05) is 0 Å². The standard InChI is InChI=1S/C9H8BrN3O2S/c1-15-9(14)7-6(10)5-4(16-7)2-3-13(12)8(5)11/h2-3,11H,12H2,1H3/p+1. The van der Waals surface area contributed by atoms with Crippen LogP contribution in [-0.4, -0.2) is 13.1 Å². The summed E-state index contributed by atoms with van der Waals surface area (Å²) in [6.45, 7) is 0. The first-order valence-corrected chi connectivity index (χ1v) is 5.92. The molecule has 5 nitrogen and oxygen atoms in total. The number of hydrogen-bond acceptors (Lipinski definition) is 5. The summed E-state index contributed by atoms with van der Waals surface area (Å²) >= 11 is 4.65. The average Bonchev–Trinajstić information content (AvgIpc) is 2.61. The molecule has 0 spiro atoms. The number of esters is 1. The third kappa shape index (κ3) is 1.52. The largest absolute Gasteiger partial charge is 0.465 e. The Balaban J connectivity index is 2.79. The molecule has 0 saturated heterocycles. The predicted octanol–water partition coefficient (Wildman–Crippen LogP) is 1.03. The molecule has 2 heterocycles. The first kappa shape index (κ1) is 11.2. The second kappa shape index (κ2) is 3.91. The van der Waals surface area contributed by atoms with Gasteiger partial charge in [0.1, 0.15) is 11.1 Å². The van der Waals surface area contributed by atoms with E-state index in [1.165, 1.54) is 23.1 Å². The van der Waals surface area contributed by atoms with E-state index in [4.69, 9.17) is 11.6 Å². The number of hydrogen-bond donors (Lipinski definition) is 2. The zero-order valence-corrected chi connectivity index (χ0v) is 10.8. The van der Waals surface area contributed by atoms with Gasteiger partial charge in [-0.3, -0.25) is 11.6 Å². The maximum Gasteiger partial charge on any atom is 0.349 e. The molecule has 16 heavy (non-hydrogen) atoms. The number of nitrogen functional groups attached to an aromatic ring is 2. The van der Waals surface area contributed by atoms with Crippen molar-refractivity contribution in [3.8, 4) is 0 Å². The lowest BCUT2D eigenvalue weighted by Crippen LogP contribution is -2.46. The van der Waals surface area contributed by atoms with Crippen molar-refractivity contribution in [1.82, 2.24) is 0 Å². The number of halogens is 1. The summed E-state index contributed by atoms with van der Waals surface area (Å²) in [6, 6.07) is 1.80. The van der Waals surface area contributed by atoms with Gasteiger partial charge in [-0.25, -0.2) is 4.79 Å². The highest BCUT2D eigenvalue weighted by Gasteiger charge is 2.22. The van der Waals surface area contributed by atoms with Crippen LogP contribution in [0, 0.1) is 0 Å². The number of nitrogens with two attached hydrogens (primary N) is 2. The third-order valence-corrected chi connectivity index (χ3v) is 4.36. The molecule has 2 aromatic rings. The molecule has 0 aliphatic carbocycles. The lowest BCUT2D eigenvalue weighted by molar-refractivity contribution is -0.622. The normalized spacial score (nSPS) is 10.6. The van der Waals surface area contributed by atoms with Crippen LogP contribution >= 0.6 is 27.3 Å². The second-order valence-electron chi connectivity index (χ2n) is 3.08. The number of nitrogens with zero attached hydrogens (tertiary/aromatic N) is 1. The molecule has 0 aromatic carbocycles. The van der Waals surface area contributed by atoms with Crippen LogP contribution in [0.1, 0.15) is 9.67 Å². The van der Waals surface area contributed by atoms with Gasteiger partial charge in [0.05, 0.1) is 17.0 Å². The number of aromatic nitrogens is 1. The van der Waals surface area contributed by atoms with Crippen LogP contribution in [0.5, 0.6) is 0 Å². The van der Waals surface area contributed by atoms with E-state index in [9.17, 15) is 4.79 Å². The van der Waals surface area contributed by atoms with E-state index >= 15 is 0 Å². The Hall–Kier alpha value is -1.34. The summed E-state index contributed by atoms with van der Waals surface area (Å²) in [5, 5.41) is 0.732. The average molecular weight is 303 g/mol. The summed E-state index contributed by atoms with van der Waals surface area (Å²) in [7, 11) is 1.34. The molecular weight excluding hydrogens is 294 g/mol. The van der Waals surface area contributed by atoms with Crippen molar-refractivity contribution in [2.45, 2.75) is 0 Å². The van der Waals surface area contributed by atoms with Gasteiger partial charge in [-0.15, -0.1) is 16.0 Å². The van der Waals surface area contributed by atoms with Crippen LogP contribution in [0.2, 0.25) is 0 Å². The van der Waals surface area contributed by atoms with Crippen molar-refractivity contribution < 1.29 is 14.2 Å². The van der Waals surface area contributed by atoms with Crippen molar-refractivity contribution in [2.75, 3.05) is 18.7 Å². The minimum absolute atomic E-state index is 0.393. The van der Waals surface area contributed by atoms with Gasteiger partial charge in [0.2, 0.25) is 0 Å². The maximum absolute atomic E-state index is 11.5. The summed E-state index contributed by atoms with van der Waals surface area (Å²) in [4.78, 5) is 12.0. The van der Waals surface area contributed by atoms with Crippen molar-refractivity contribution >= 4 is 49.1 Å². The van der Waals surface area contributed by atoms with Gasteiger partial charge in [0, 0.05) is 4.70 Å². The molecular formula is C9H9BrN3O2S+. The predicted molar refractivity (Wildman–Crippen MR) is 65.6 cm³/mol. The van der Waals surface area contributed by atoms with Crippen LogP contribution in [0.25, 0.3) is 10.1 Å². The van der Waals surface area contributed by atoms with E-state index in [1.807, 2.05) is 0 Å². The van der Waals surface area contributed by atoms with E-state index in [0.717, 1.165) is 10.1 Å². The fourth-order valence-electron chi connectivity index (χ4n) is 1.36. The maximum atomic E-state index is 11.5. The van der Waals surface area contributed by atoms with E-state index < -0.39 is 5.97 Å². The summed E-state index contributed by atoms with van der Waals surface area (Å²) < 4.78 is 7.49. The highest BCUT2D eigenvalue weighted by atomic mass is 79.9. The highest BCUT2D eigenvalue weighted by Crippen LogP contribution is 2.37.